The van der Waals surface area contributed by atoms with E-state index in [1.165, 1.54) is 5.56 Å². The van der Waals surface area contributed by atoms with Crippen molar-refractivity contribution in [3.8, 4) is 5.75 Å². The third-order valence-electron chi connectivity index (χ3n) is 5.28. The lowest BCUT2D eigenvalue weighted by molar-refractivity contribution is 0.0949. The van der Waals surface area contributed by atoms with Crippen LogP contribution in [-0.2, 0) is 13.1 Å². The number of aromatic nitrogens is 2. The minimum atomic E-state index is -0.109. The number of nitrogens with zero attached hydrogens (tertiary/aromatic N) is 2. The van der Waals surface area contributed by atoms with E-state index >= 15 is 0 Å². The maximum Gasteiger partial charge on any atom is 0.251 e. The highest BCUT2D eigenvalue weighted by atomic mass is 79.9. The van der Waals surface area contributed by atoms with Gasteiger partial charge in [0.25, 0.3) is 5.91 Å². The second kappa shape index (κ2) is 10.5. The molecule has 3 aromatic carbocycles. The lowest BCUT2D eigenvalue weighted by Crippen LogP contribution is -2.24. The number of nitrogens with one attached hydrogen (secondary N) is 1. The summed E-state index contributed by atoms with van der Waals surface area (Å²) in [7, 11) is 0. The van der Waals surface area contributed by atoms with Crippen LogP contribution in [0.4, 0.5) is 0 Å². The van der Waals surface area contributed by atoms with Crippen LogP contribution in [0.15, 0.2) is 77.3 Å². The number of benzene rings is 3. The number of hydrogen-bond acceptors (Lipinski definition) is 3. The van der Waals surface area contributed by atoms with E-state index < -0.39 is 0 Å². The summed E-state index contributed by atoms with van der Waals surface area (Å²) in [6.07, 6.45) is 1.89. The Bertz CT molecular complexity index is 1200. The zero-order valence-electron chi connectivity index (χ0n) is 18.1. The lowest BCUT2D eigenvalue weighted by Gasteiger charge is -2.11. The largest absolute Gasteiger partial charge is 0.494 e. The molecule has 0 saturated heterocycles. The molecule has 5 nitrogen and oxygen atoms in total. The number of ether oxygens (including phenoxy) is 1. The molecule has 0 atom stereocenters. The zero-order valence-corrected chi connectivity index (χ0v) is 19.6. The summed E-state index contributed by atoms with van der Waals surface area (Å²) >= 11 is 3.40. The van der Waals surface area contributed by atoms with Gasteiger partial charge in [-0.1, -0.05) is 40.2 Å². The Morgan fingerprint density at radius 1 is 1.03 bits per heavy atom. The van der Waals surface area contributed by atoms with Crippen LogP contribution >= 0.6 is 15.9 Å². The monoisotopic (exact) mass is 491 g/mol. The molecule has 4 aromatic rings. The average molecular weight is 492 g/mol. The van der Waals surface area contributed by atoms with Crippen molar-refractivity contribution in [1.82, 2.24) is 14.9 Å². The number of fused-ring (bicyclic) bond motifs is 1. The zero-order chi connectivity index (χ0) is 22.3. The van der Waals surface area contributed by atoms with Gasteiger partial charge in [-0.25, -0.2) is 4.98 Å². The van der Waals surface area contributed by atoms with Gasteiger partial charge in [0.05, 0.1) is 24.2 Å². The molecule has 32 heavy (non-hydrogen) atoms. The molecule has 164 valence electrons. The molecule has 1 amide bonds. The summed E-state index contributed by atoms with van der Waals surface area (Å²) in [5.74, 6) is 1.66. The van der Waals surface area contributed by atoms with E-state index in [2.05, 4.69) is 50.9 Å². The maximum absolute atomic E-state index is 12.5. The van der Waals surface area contributed by atoms with Crippen molar-refractivity contribution < 1.29 is 9.53 Å². The molecule has 0 aliphatic rings. The summed E-state index contributed by atoms with van der Waals surface area (Å²) < 4.78 is 9.02. The Morgan fingerprint density at radius 3 is 2.66 bits per heavy atom. The van der Waals surface area contributed by atoms with Crippen LogP contribution in [-0.4, -0.2) is 22.1 Å². The number of hydrogen-bond donors (Lipinski definition) is 1. The fourth-order valence-corrected chi connectivity index (χ4v) is 3.90. The highest BCUT2D eigenvalue weighted by Gasteiger charge is 2.12. The van der Waals surface area contributed by atoms with Crippen molar-refractivity contribution in [3.63, 3.8) is 0 Å². The minimum Gasteiger partial charge on any atom is -0.494 e. The second-order valence-corrected chi connectivity index (χ2v) is 8.65. The predicted octanol–water partition coefficient (Wildman–Crippen LogP) is 5.90. The first kappa shape index (κ1) is 22.1. The van der Waals surface area contributed by atoms with Crippen molar-refractivity contribution in [2.24, 2.45) is 0 Å². The van der Waals surface area contributed by atoms with E-state index in [4.69, 9.17) is 9.72 Å². The van der Waals surface area contributed by atoms with Gasteiger partial charge in [-0.3, -0.25) is 4.79 Å². The average Bonchev–Trinajstić information content (AvgIpc) is 3.15. The molecular formula is C26H26BrN3O2. The second-order valence-electron chi connectivity index (χ2n) is 7.73. The molecule has 1 N–H and O–H groups in total. The number of rotatable bonds is 9. The standard InChI is InChI=1S/C26H26BrN3O2/c1-19-7-6-8-22(17-19)32-16-5-4-15-30-24-10-3-2-9-23(24)29-25(30)18-28-26(31)20-11-13-21(27)14-12-20/h2-3,6-14,17H,4-5,15-16,18H2,1H3,(H,28,31). The van der Waals surface area contributed by atoms with Crippen LogP contribution in [0.3, 0.4) is 0 Å². The Morgan fingerprint density at radius 2 is 1.84 bits per heavy atom. The summed E-state index contributed by atoms with van der Waals surface area (Å²) in [4.78, 5) is 17.3. The first-order chi connectivity index (χ1) is 15.6. The number of halogens is 1. The number of carbonyl (C=O) groups is 1. The van der Waals surface area contributed by atoms with Crippen molar-refractivity contribution in [2.75, 3.05) is 6.61 Å². The highest BCUT2D eigenvalue weighted by molar-refractivity contribution is 9.10. The first-order valence-corrected chi connectivity index (χ1v) is 11.6. The van der Waals surface area contributed by atoms with E-state index in [1.54, 1.807) is 12.1 Å². The molecule has 0 bridgehead atoms. The minimum absolute atomic E-state index is 0.109. The smallest absolute Gasteiger partial charge is 0.251 e. The Hall–Kier alpha value is -3.12. The van der Waals surface area contributed by atoms with Gasteiger partial charge in [-0.15, -0.1) is 0 Å². The van der Waals surface area contributed by atoms with Crippen molar-refractivity contribution in [2.45, 2.75) is 32.9 Å². The van der Waals surface area contributed by atoms with Gasteiger partial charge in [0, 0.05) is 16.6 Å². The normalized spacial score (nSPS) is 10.9. The quantitative estimate of drug-likeness (QED) is 0.296. The molecule has 1 heterocycles. The molecule has 0 fully saturated rings. The van der Waals surface area contributed by atoms with E-state index in [-0.39, 0.29) is 5.91 Å². The number of aryl methyl sites for hydroxylation is 2. The molecule has 0 aliphatic heterocycles. The van der Waals surface area contributed by atoms with Gasteiger partial charge in [0.2, 0.25) is 0 Å². The van der Waals surface area contributed by atoms with Crippen LogP contribution in [0, 0.1) is 6.92 Å². The molecule has 1 aromatic heterocycles. The molecule has 0 spiro atoms. The molecule has 0 unspecified atom stereocenters. The first-order valence-electron chi connectivity index (χ1n) is 10.8. The van der Waals surface area contributed by atoms with Gasteiger partial charge in [0.15, 0.2) is 0 Å². The summed E-state index contributed by atoms with van der Waals surface area (Å²) in [5.41, 5.74) is 3.85. The highest BCUT2D eigenvalue weighted by Crippen LogP contribution is 2.18. The van der Waals surface area contributed by atoms with Crippen LogP contribution in [0.1, 0.15) is 34.6 Å². The number of para-hydroxylation sites is 2. The number of unbranched alkanes of at least 4 members (excludes halogenated alkanes) is 1. The fraction of sp³-hybridized carbons (Fsp3) is 0.231. The number of amides is 1. The van der Waals surface area contributed by atoms with E-state index in [1.807, 2.05) is 42.5 Å². The fourth-order valence-electron chi connectivity index (χ4n) is 3.64. The molecule has 6 heteroatoms. The van der Waals surface area contributed by atoms with Gasteiger partial charge in [0.1, 0.15) is 11.6 Å². The maximum atomic E-state index is 12.5. The third kappa shape index (κ3) is 5.56. The van der Waals surface area contributed by atoms with Crippen molar-refractivity contribution in [3.05, 3.63) is 94.2 Å². The van der Waals surface area contributed by atoms with Crippen molar-refractivity contribution in [1.29, 1.82) is 0 Å². The van der Waals surface area contributed by atoms with Crippen molar-refractivity contribution >= 4 is 32.9 Å². The van der Waals surface area contributed by atoms with Crippen LogP contribution in [0.2, 0.25) is 0 Å². The SMILES string of the molecule is Cc1cccc(OCCCCn2c(CNC(=O)c3ccc(Br)cc3)nc3ccccc32)c1. The van der Waals surface area contributed by atoms with Gasteiger partial charge >= 0.3 is 0 Å². The Kier molecular flexibility index (Phi) is 7.22. The molecular weight excluding hydrogens is 466 g/mol. The molecule has 0 saturated carbocycles. The van der Waals surface area contributed by atoms with E-state index in [0.29, 0.717) is 18.7 Å². The van der Waals surface area contributed by atoms with Gasteiger partial charge in [-0.2, -0.15) is 0 Å². The third-order valence-corrected chi connectivity index (χ3v) is 5.81. The van der Waals surface area contributed by atoms with Crippen LogP contribution in [0.25, 0.3) is 11.0 Å². The Balaban J connectivity index is 1.37. The number of carbonyl (C=O) groups excluding carboxylic acids is 1. The number of imidazole rings is 1. The van der Waals surface area contributed by atoms with Crippen LogP contribution < -0.4 is 10.1 Å². The molecule has 0 radical (unpaired) electrons. The topological polar surface area (TPSA) is 56.1 Å². The van der Waals surface area contributed by atoms with E-state index in [9.17, 15) is 4.79 Å². The summed E-state index contributed by atoms with van der Waals surface area (Å²) in [5, 5.41) is 3.00. The lowest BCUT2D eigenvalue weighted by atomic mass is 10.2. The molecule has 0 aliphatic carbocycles. The predicted molar refractivity (Wildman–Crippen MR) is 131 cm³/mol. The van der Waals surface area contributed by atoms with Gasteiger partial charge in [-0.05, 0) is 73.9 Å². The molecule has 4 rings (SSSR count). The van der Waals surface area contributed by atoms with Gasteiger partial charge < -0.3 is 14.6 Å². The van der Waals surface area contributed by atoms with E-state index in [0.717, 1.165) is 46.5 Å². The van der Waals surface area contributed by atoms with Crippen LogP contribution in [0.5, 0.6) is 5.75 Å². The Labute approximate surface area is 196 Å². The summed E-state index contributed by atoms with van der Waals surface area (Å²) in [6, 6.07) is 23.5. The summed E-state index contributed by atoms with van der Waals surface area (Å²) in [6.45, 7) is 3.93.